The normalized spacial score (nSPS) is 30.8. The van der Waals surface area contributed by atoms with Crippen molar-refractivity contribution in [2.75, 3.05) is 44.7 Å². The number of nitrogens with zero attached hydrogens (tertiary/aromatic N) is 2. The molecule has 22 heavy (non-hydrogen) atoms. The maximum atomic E-state index is 12.6. The smallest absolute Gasteiger partial charge is 0.240 e. The van der Waals surface area contributed by atoms with Crippen LogP contribution < -0.4 is 5.32 Å². The van der Waals surface area contributed by atoms with Crippen LogP contribution in [0.1, 0.15) is 32.6 Å². The molecule has 2 heterocycles. The third-order valence-electron chi connectivity index (χ3n) is 4.89. The second-order valence-corrected chi connectivity index (χ2v) is 8.60. The number of hydrogen-bond acceptors (Lipinski definition) is 5. The summed E-state index contributed by atoms with van der Waals surface area (Å²) < 4.78 is 23.9. The lowest BCUT2D eigenvalue weighted by Gasteiger charge is -2.34. The minimum absolute atomic E-state index is 0.0659. The van der Waals surface area contributed by atoms with Gasteiger partial charge in [-0.3, -0.25) is 9.69 Å². The van der Waals surface area contributed by atoms with Crippen molar-refractivity contribution in [3.63, 3.8) is 0 Å². The summed E-state index contributed by atoms with van der Waals surface area (Å²) in [6, 6.07) is -0.247. The zero-order chi connectivity index (χ0) is 16.2. The Bertz CT molecular complexity index is 480. The highest BCUT2D eigenvalue weighted by molar-refractivity contribution is 7.91. The SMILES string of the molecule is CCN1CCCCCC1CN1CCS(=O)(=O)CC(NC)C1=O. The molecular formula is C15H29N3O3S. The van der Waals surface area contributed by atoms with Gasteiger partial charge in [0.2, 0.25) is 5.91 Å². The lowest BCUT2D eigenvalue weighted by molar-refractivity contribution is -0.133. The van der Waals surface area contributed by atoms with Crippen LogP contribution in [-0.2, 0) is 14.6 Å². The van der Waals surface area contributed by atoms with Crippen LogP contribution in [0.25, 0.3) is 0 Å². The first kappa shape index (κ1) is 17.7. The van der Waals surface area contributed by atoms with E-state index >= 15 is 0 Å². The first-order chi connectivity index (χ1) is 10.5. The number of likely N-dealkylation sites (N-methyl/N-ethyl adjacent to an activating group) is 2. The van der Waals surface area contributed by atoms with Crippen molar-refractivity contribution in [3.05, 3.63) is 0 Å². The number of carbonyl (C=O) groups is 1. The molecule has 2 aliphatic heterocycles. The van der Waals surface area contributed by atoms with Gasteiger partial charge in [0.1, 0.15) is 6.04 Å². The van der Waals surface area contributed by atoms with E-state index in [0.29, 0.717) is 19.1 Å². The van der Waals surface area contributed by atoms with Crippen molar-refractivity contribution in [1.82, 2.24) is 15.1 Å². The van der Waals surface area contributed by atoms with Crippen molar-refractivity contribution < 1.29 is 13.2 Å². The summed E-state index contributed by atoms with van der Waals surface area (Å²) in [5.41, 5.74) is 0. The Kier molecular flexibility index (Phi) is 6.23. The van der Waals surface area contributed by atoms with Crippen molar-refractivity contribution in [2.45, 2.75) is 44.7 Å². The van der Waals surface area contributed by atoms with Crippen LogP contribution >= 0.6 is 0 Å². The van der Waals surface area contributed by atoms with Gasteiger partial charge in [-0.25, -0.2) is 8.42 Å². The Labute approximate surface area is 134 Å². The zero-order valence-electron chi connectivity index (χ0n) is 13.8. The molecule has 1 N–H and O–H groups in total. The standard InChI is InChI=1S/C15H29N3O3S/c1-3-17-8-6-4-5-7-13(17)11-18-9-10-22(20,21)12-14(16-2)15(18)19/h13-14,16H,3-12H2,1-2H3. The van der Waals surface area contributed by atoms with Gasteiger partial charge < -0.3 is 10.2 Å². The first-order valence-electron chi connectivity index (χ1n) is 8.37. The maximum Gasteiger partial charge on any atom is 0.240 e. The molecular weight excluding hydrogens is 302 g/mol. The van der Waals surface area contributed by atoms with E-state index in [-0.39, 0.29) is 17.4 Å². The van der Waals surface area contributed by atoms with Gasteiger partial charge >= 0.3 is 0 Å². The van der Waals surface area contributed by atoms with Crippen molar-refractivity contribution >= 4 is 15.7 Å². The van der Waals surface area contributed by atoms with E-state index in [1.165, 1.54) is 19.3 Å². The van der Waals surface area contributed by atoms with E-state index in [0.717, 1.165) is 19.5 Å². The summed E-state index contributed by atoms with van der Waals surface area (Å²) in [5.74, 6) is -0.0691. The van der Waals surface area contributed by atoms with Gasteiger partial charge in [0, 0.05) is 19.1 Å². The number of hydrogen-bond donors (Lipinski definition) is 1. The molecule has 128 valence electrons. The van der Waals surface area contributed by atoms with E-state index in [9.17, 15) is 13.2 Å². The summed E-state index contributed by atoms with van der Waals surface area (Å²) >= 11 is 0. The molecule has 0 aromatic rings. The largest absolute Gasteiger partial charge is 0.339 e. The fourth-order valence-electron chi connectivity index (χ4n) is 3.49. The lowest BCUT2D eigenvalue weighted by atomic mass is 10.1. The van der Waals surface area contributed by atoms with E-state index in [4.69, 9.17) is 0 Å². The molecule has 2 saturated heterocycles. The molecule has 0 radical (unpaired) electrons. The molecule has 0 aromatic carbocycles. The molecule has 1 amide bonds. The highest BCUT2D eigenvalue weighted by Gasteiger charge is 2.34. The Hall–Kier alpha value is -0.660. The van der Waals surface area contributed by atoms with Crippen LogP contribution in [-0.4, -0.2) is 80.9 Å². The predicted octanol–water partition coefficient (Wildman–Crippen LogP) is 0.0959. The van der Waals surface area contributed by atoms with Gasteiger partial charge in [0.15, 0.2) is 9.84 Å². The number of rotatable bonds is 4. The van der Waals surface area contributed by atoms with Gasteiger partial charge in [0.25, 0.3) is 0 Å². The summed E-state index contributed by atoms with van der Waals surface area (Å²) in [7, 11) is -1.49. The van der Waals surface area contributed by atoms with Crippen molar-refractivity contribution in [1.29, 1.82) is 0 Å². The van der Waals surface area contributed by atoms with E-state index in [1.807, 2.05) is 0 Å². The maximum absolute atomic E-state index is 12.6. The molecule has 2 unspecified atom stereocenters. The zero-order valence-corrected chi connectivity index (χ0v) is 14.6. The highest BCUT2D eigenvalue weighted by Crippen LogP contribution is 2.19. The molecule has 2 fully saturated rings. The number of likely N-dealkylation sites (tertiary alicyclic amines) is 1. The molecule has 0 aromatic heterocycles. The van der Waals surface area contributed by atoms with Crippen LogP contribution in [0, 0.1) is 0 Å². The average molecular weight is 331 g/mol. The summed E-state index contributed by atoms with van der Waals surface area (Å²) in [6.07, 6.45) is 4.74. The van der Waals surface area contributed by atoms with E-state index in [2.05, 4.69) is 17.1 Å². The predicted molar refractivity (Wildman–Crippen MR) is 87.6 cm³/mol. The van der Waals surface area contributed by atoms with Crippen LogP contribution in [0.5, 0.6) is 0 Å². The molecule has 6 nitrogen and oxygen atoms in total. The highest BCUT2D eigenvalue weighted by atomic mass is 32.2. The van der Waals surface area contributed by atoms with Crippen LogP contribution in [0.4, 0.5) is 0 Å². The third-order valence-corrected chi connectivity index (χ3v) is 6.53. The van der Waals surface area contributed by atoms with Crippen LogP contribution in [0.15, 0.2) is 0 Å². The number of carbonyl (C=O) groups excluding carboxylic acids is 1. The Balaban J connectivity index is 2.10. The van der Waals surface area contributed by atoms with E-state index < -0.39 is 15.9 Å². The Morgan fingerprint density at radius 1 is 1.23 bits per heavy atom. The molecule has 0 spiro atoms. The summed E-state index contributed by atoms with van der Waals surface area (Å²) in [5, 5.41) is 2.87. The van der Waals surface area contributed by atoms with Crippen LogP contribution in [0.3, 0.4) is 0 Å². The Morgan fingerprint density at radius 3 is 2.68 bits per heavy atom. The quantitative estimate of drug-likeness (QED) is 0.791. The summed E-state index contributed by atoms with van der Waals surface area (Å²) in [6.45, 7) is 5.20. The second-order valence-electron chi connectivity index (χ2n) is 6.37. The topological polar surface area (TPSA) is 69.7 Å². The molecule has 2 aliphatic rings. The van der Waals surface area contributed by atoms with Gasteiger partial charge in [-0.2, -0.15) is 0 Å². The third kappa shape index (κ3) is 4.43. The molecule has 0 bridgehead atoms. The van der Waals surface area contributed by atoms with Gasteiger partial charge in [-0.15, -0.1) is 0 Å². The number of sulfone groups is 1. The lowest BCUT2D eigenvalue weighted by Crippen LogP contribution is -2.51. The Morgan fingerprint density at radius 2 is 2.00 bits per heavy atom. The van der Waals surface area contributed by atoms with Gasteiger partial charge in [-0.05, 0) is 33.0 Å². The van der Waals surface area contributed by atoms with Crippen LogP contribution in [0.2, 0.25) is 0 Å². The molecule has 0 aliphatic carbocycles. The molecule has 2 atom stereocenters. The van der Waals surface area contributed by atoms with Crippen molar-refractivity contribution in [3.8, 4) is 0 Å². The fraction of sp³-hybridized carbons (Fsp3) is 0.933. The second kappa shape index (κ2) is 7.75. The molecule has 0 saturated carbocycles. The minimum atomic E-state index is -3.15. The average Bonchev–Trinajstić information content (AvgIpc) is 2.77. The van der Waals surface area contributed by atoms with E-state index in [1.54, 1.807) is 11.9 Å². The summed E-state index contributed by atoms with van der Waals surface area (Å²) in [4.78, 5) is 16.8. The number of amides is 1. The van der Waals surface area contributed by atoms with Crippen molar-refractivity contribution in [2.24, 2.45) is 0 Å². The van der Waals surface area contributed by atoms with Gasteiger partial charge in [0.05, 0.1) is 11.5 Å². The first-order valence-corrected chi connectivity index (χ1v) is 10.2. The minimum Gasteiger partial charge on any atom is -0.339 e. The fourth-order valence-corrected chi connectivity index (χ4v) is 4.97. The molecule has 7 heteroatoms. The molecule has 2 rings (SSSR count). The van der Waals surface area contributed by atoms with Gasteiger partial charge in [-0.1, -0.05) is 19.8 Å². The number of nitrogens with one attached hydrogen (secondary N) is 1. The monoisotopic (exact) mass is 331 g/mol.